The number of hydrogen-bond acceptors (Lipinski definition) is 4. The van der Waals surface area contributed by atoms with Crippen LogP contribution in [-0.2, 0) is 14.2 Å². The number of methoxy groups -OCH3 is 1. The second kappa shape index (κ2) is 9.70. The molecule has 0 atom stereocenters. The van der Waals surface area contributed by atoms with Gasteiger partial charge in [0.2, 0.25) is 0 Å². The maximum absolute atomic E-state index is 8.98. The molecule has 0 amide bonds. The SMILES string of the molecule is CCC(CC)(CCOC(C)(C)CCO)OCCOC. The predicted octanol–water partition coefficient (Wildman–Crippen LogP) is 2.78. The molecule has 0 bridgehead atoms. The molecule has 0 aliphatic rings. The van der Waals surface area contributed by atoms with E-state index in [4.69, 9.17) is 19.3 Å². The van der Waals surface area contributed by atoms with Crippen LogP contribution in [-0.4, -0.2) is 49.8 Å². The van der Waals surface area contributed by atoms with Crippen molar-refractivity contribution in [2.45, 2.75) is 64.6 Å². The van der Waals surface area contributed by atoms with E-state index >= 15 is 0 Å². The van der Waals surface area contributed by atoms with Crippen LogP contribution in [0.1, 0.15) is 53.4 Å². The zero-order chi connectivity index (χ0) is 14.8. The van der Waals surface area contributed by atoms with Crippen molar-refractivity contribution in [2.75, 3.05) is 33.5 Å². The molecule has 0 saturated carbocycles. The van der Waals surface area contributed by atoms with E-state index in [2.05, 4.69) is 13.8 Å². The van der Waals surface area contributed by atoms with Gasteiger partial charge in [-0.2, -0.15) is 0 Å². The third kappa shape index (κ3) is 7.88. The van der Waals surface area contributed by atoms with E-state index in [0.29, 0.717) is 26.2 Å². The molecule has 0 spiro atoms. The number of aliphatic hydroxyl groups is 1. The van der Waals surface area contributed by atoms with Crippen molar-refractivity contribution in [1.29, 1.82) is 0 Å². The van der Waals surface area contributed by atoms with Crippen molar-refractivity contribution in [2.24, 2.45) is 0 Å². The lowest BCUT2D eigenvalue weighted by Crippen LogP contribution is -2.36. The Kier molecular flexibility index (Phi) is 9.62. The summed E-state index contributed by atoms with van der Waals surface area (Å²) < 4.78 is 16.9. The quantitative estimate of drug-likeness (QED) is 0.557. The Labute approximate surface area is 118 Å². The van der Waals surface area contributed by atoms with Crippen molar-refractivity contribution in [3.63, 3.8) is 0 Å². The highest BCUT2D eigenvalue weighted by Gasteiger charge is 2.28. The summed E-state index contributed by atoms with van der Waals surface area (Å²) in [4.78, 5) is 0. The molecular weight excluding hydrogens is 244 g/mol. The van der Waals surface area contributed by atoms with Gasteiger partial charge in [0.1, 0.15) is 0 Å². The molecule has 4 nitrogen and oxygen atoms in total. The topological polar surface area (TPSA) is 47.9 Å². The molecule has 0 aliphatic carbocycles. The molecule has 0 aromatic heterocycles. The van der Waals surface area contributed by atoms with E-state index in [0.717, 1.165) is 19.3 Å². The van der Waals surface area contributed by atoms with Gasteiger partial charge < -0.3 is 19.3 Å². The van der Waals surface area contributed by atoms with Gasteiger partial charge in [0.05, 0.1) is 31.0 Å². The van der Waals surface area contributed by atoms with Crippen LogP contribution in [0.4, 0.5) is 0 Å². The molecule has 116 valence electrons. The Morgan fingerprint density at radius 1 is 0.895 bits per heavy atom. The summed E-state index contributed by atoms with van der Waals surface area (Å²) >= 11 is 0. The largest absolute Gasteiger partial charge is 0.396 e. The minimum absolute atomic E-state index is 0.117. The third-order valence-corrected chi connectivity index (χ3v) is 3.75. The van der Waals surface area contributed by atoms with Crippen molar-refractivity contribution in [3.05, 3.63) is 0 Å². The molecule has 0 saturated heterocycles. The molecule has 19 heavy (non-hydrogen) atoms. The first kappa shape index (κ1) is 18.8. The van der Waals surface area contributed by atoms with E-state index in [1.807, 2.05) is 13.8 Å². The molecular formula is C15H32O4. The normalized spacial score (nSPS) is 12.9. The van der Waals surface area contributed by atoms with Crippen LogP contribution in [0.5, 0.6) is 0 Å². The summed E-state index contributed by atoms with van der Waals surface area (Å²) in [5.74, 6) is 0. The van der Waals surface area contributed by atoms with Gasteiger partial charge >= 0.3 is 0 Å². The van der Waals surface area contributed by atoms with Crippen LogP contribution < -0.4 is 0 Å². The molecule has 0 unspecified atom stereocenters. The van der Waals surface area contributed by atoms with Gasteiger partial charge in [-0.25, -0.2) is 0 Å². The van der Waals surface area contributed by atoms with Crippen molar-refractivity contribution < 1.29 is 19.3 Å². The molecule has 0 heterocycles. The van der Waals surface area contributed by atoms with Crippen LogP contribution in [0.25, 0.3) is 0 Å². The molecule has 0 aromatic carbocycles. The molecule has 0 aliphatic heterocycles. The Morgan fingerprint density at radius 2 is 1.53 bits per heavy atom. The third-order valence-electron chi connectivity index (χ3n) is 3.75. The highest BCUT2D eigenvalue weighted by Crippen LogP contribution is 2.26. The van der Waals surface area contributed by atoms with Gasteiger partial charge in [0, 0.05) is 13.7 Å². The maximum atomic E-state index is 8.98. The first-order valence-corrected chi connectivity index (χ1v) is 7.33. The molecule has 0 aromatic rings. The fraction of sp³-hybridized carbons (Fsp3) is 1.00. The van der Waals surface area contributed by atoms with Gasteiger partial charge in [-0.15, -0.1) is 0 Å². The predicted molar refractivity (Wildman–Crippen MR) is 77.5 cm³/mol. The Balaban J connectivity index is 4.19. The monoisotopic (exact) mass is 276 g/mol. The minimum atomic E-state index is -0.269. The summed E-state index contributed by atoms with van der Waals surface area (Å²) in [5, 5.41) is 8.98. The fourth-order valence-electron chi connectivity index (χ4n) is 2.08. The van der Waals surface area contributed by atoms with Gasteiger partial charge in [0.25, 0.3) is 0 Å². The number of aliphatic hydroxyl groups excluding tert-OH is 1. The summed E-state index contributed by atoms with van der Waals surface area (Å²) in [5.41, 5.74) is -0.387. The fourth-order valence-corrected chi connectivity index (χ4v) is 2.08. The molecule has 4 heteroatoms. The highest BCUT2D eigenvalue weighted by molar-refractivity contribution is 4.78. The van der Waals surface area contributed by atoms with E-state index in [-0.39, 0.29) is 17.8 Å². The lowest BCUT2D eigenvalue weighted by molar-refractivity contribution is -0.104. The number of hydrogen-bond donors (Lipinski definition) is 1. The van der Waals surface area contributed by atoms with E-state index in [1.165, 1.54) is 0 Å². The smallest absolute Gasteiger partial charge is 0.0707 e. The summed E-state index contributed by atoms with van der Waals surface area (Å²) in [6.07, 6.45) is 3.47. The average molecular weight is 276 g/mol. The van der Waals surface area contributed by atoms with Crippen LogP contribution >= 0.6 is 0 Å². The lowest BCUT2D eigenvalue weighted by atomic mass is 9.93. The Bertz CT molecular complexity index is 212. The maximum Gasteiger partial charge on any atom is 0.0707 e. The zero-order valence-electron chi connectivity index (χ0n) is 13.3. The summed E-state index contributed by atoms with van der Waals surface area (Å²) in [7, 11) is 1.68. The van der Waals surface area contributed by atoms with E-state index in [9.17, 15) is 0 Å². The van der Waals surface area contributed by atoms with Crippen LogP contribution in [0.15, 0.2) is 0 Å². The van der Waals surface area contributed by atoms with Gasteiger partial charge in [-0.05, 0) is 39.5 Å². The molecule has 0 fully saturated rings. The van der Waals surface area contributed by atoms with Crippen LogP contribution in [0.2, 0.25) is 0 Å². The Hall–Kier alpha value is -0.160. The minimum Gasteiger partial charge on any atom is -0.396 e. The van der Waals surface area contributed by atoms with Gasteiger partial charge in [-0.1, -0.05) is 13.8 Å². The van der Waals surface area contributed by atoms with Crippen LogP contribution in [0.3, 0.4) is 0 Å². The number of rotatable bonds is 12. The standard InChI is InChI=1S/C15H32O4/c1-6-15(7-2,19-13-12-17-5)9-11-18-14(3,4)8-10-16/h16H,6-13H2,1-5H3. The average Bonchev–Trinajstić information content (AvgIpc) is 2.37. The molecule has 0 rings (SSSR count). The van der Waals surface area contributed by atoms with Crippen molar-refractivity contribution in [3.8, 4) is 0 Å². The first-order chi connectivity index (χ1) is 8.95. The summed E-state index contributed by atoms with van der Waals surface area (Å²) in [6.45, 7) is 10.4. The zero-order valence-corrected chi connectivity index (χ0v) is 13.3. The number of ether oxygens (including phenoxy) is 3. The van der Waals surface area contributed by atoms with Crippen molar-refractivity contribution in [1.82, 2.24) is 0 Å². The summed E-state index contributed by atoms with van der Waals surface area (Å²) in [6, 6.07) is 0. The van der Waals surface area contributed by atoms with E-state index in [1.54, 1.807) is 7.11 Å². The highest BCUT2D eigenvalue weighted by atomic mass is 16.5. The second-order valence-corrected chi connectivity index (χ2v) is 5.56. The molecule has 0 radical (unpaired) electrons. The first-order valence-electron chi connectivity index (χ1n) is 7.33. The molecule has 1 N–H and O–H groups in total. The van der Waals surface area contributed by atoms with Crippen molar-refractivity contribution >= 4 is 0 Å². The lowest BCUT2D eigenvalue weighted by Gasteiger charge is -2.34. The van der Waals surface area contributed by atoms with E-state index < -0.39 is 0 Å². The van der Waals surface area contributed by atoms with Gasteiger partial charge in [-0.3, -0.25) is 0 Å². The second-order valence-electron chi connectivity index (χ2n) is 5.56. The van der Waals surface area contributed by atoms with Gasteiger partial charge in [0.15, 0.2) is 0 Å². The van der Waals surface area contributed by atoms with Crippen LogP contribution in [0, 0.1) is 0 Å². The Morgan fingerprint density at radius 3 is 2.00 bits per heavy atom.